The quantitative estimate of drug-likeness (QED) is 0.330. The Hall–Kier alpha value is -3.17. The van der Waals surface area contributed by atoms with Crippen LogP contribution in [0.1, 0.15) is 4.88 Å². The number of nitrogens with one attached hydrogen (secondary N) is 2. The maximum Gasteiger partial charge on any atom is 0.294 e. The second-order valence-corrected chi connectivity index (χ2v) is 6.56. The van der Waals surface area contributed by atoms with E-state index in [1.54, 1.807) is 25.3 Å². The summed E-state index contributed by atoms with van der Waals surface area (Å²) in [6.07, 6.45) is 1.47. The van der Waals surface area contributed by atoms with E-state index in [9.17, 15) is 10.1 Å². The summed E-state index contributed by atoms with van der Waals surface area (Å²) in [6, 6.07) is 13.6. The normalized spacial score (nSPS) is 10.7. The molecule has 0 aliphatic rings. The van der Waals surface area contributed by atoms with Gasteiger partial charge in [-0.1, -0.05) is 35.1 Å². The van der Waals surface area contributed by atoms with Crippen LogP contribution in [0.25, 0.3) is 0 Å². The number of hydrogen-bond acceptors (Lipinski definition) is 8. The van der Waals surface area contributed by atoms with Crippen LogP contribution >= 0.6 is 22.9 Å². The molecule has 1 aromatic heterocycles. The van der Waals surface area contributed by atoms with Gasteiger partial charge < -0.3 is 10.1 Å². The Kier molecular flexibility index (Phi) is 5.84. The number of ether oxygens (including phenoxy) is 1. The average Bonchev–Trinajstić information content (AvgIpc) is 3.02. The molecule has 138 valence electrons. The van der Waals surface area contributed by atoms with Crippen molar-refractivity contribution >= 4 is 51.3 Å². The number of anilines is 3. The highest BCUT2D eigenvalue weighted by molar-refractivity contribution is 7.17. The molecule has 10 heteroatoms. The summed E-state index contributed by atoms with van der Waals surface area (Å²) in [6.45, 7) is 0. The van der Waals surface area contributed by atoms with Crippen LogP contribution < -0.4 is 15.5 Å². The highest BCUT2D eigenvalue weighted by atomic mass is 35.5. The summed E-state index contributed by atoms with van der Waals surface area (Å²) in [5.41, 5.74) is 3.72. The zero-order chi connectivity index (χ0) is 19.2. The van der Waals surface area contributed by atoms with Crippen molar-refractivity contribution in [3.63, 3.8) is 0 Å². The zero-order valence-electron chi connectivity index (χ0n) is 14.0. The van der Waals surface area contributed by atoms with Gasteiger partial charge in [0.2, 0.25) is 0 Å². The van der Waals surface area contributed by atoms with Gasteiger partial charge in [0.05, 0.1) is 23.1 Å². The molecule has 0 radical (unpaired) electrons. The topological polar surface area (TPSA) is 102 Å². The number of rotatable bonds is 7. The third-order valence-electron chi connectivity index (χ3n) is 3.42. The first-order valence-corrected chi connectivity index (χ1v) is 8.86. The second kappa shape index (κ2) is 8.47. The number of aromatic nitrogens is 1. The van der Waals surface area contributed by atoms with Crippen molar-refractivity contribution in [2.24, 2.45) is 5.10 Å². The van der Waals surface area contributed by atoms with Gasteiger partial charge in [-0.2, -0.15) is 5.10 Å². The van der Waals surface area contributed by atoms with Gasteiger partial charge in [0, 0.05) is 11.8 Å². The Labute approximate surface area is 163 Å². The van der Waals surface area contributed by atoms with Gasteiger partial charge in [-0.15, -0.1) is 0 Å². The number of para-hydroxylation sites is 2. The van der Waals surface area contributed by atoms with Gasteiger partial charge in [0.25, 0.3) is 5.69 Å². The number of nitro groups is 1. The van der Waals surface area contributed by atoms with Gasteiger partial charge in [0.1, 0.15) is 11.4 Å². The zero-order valence-corrected chi connectivity index (χ0v) is 15.6. The Morgan fingerprint density at radius 2 is 2.00 bits per heavy atom. The third-order valence-corrected chi connectivity index (χ3v) is 4.72. The Balaban J connectivity index is 1.69. The summed E-state index contributed by atoms with van der Waals surface area (Å²) in [7, 11) is 1.60. The van der Waals surface area contributed by atoms with E-state index in [0.717, 1.165) is 11.4 Å². The predicted molar refractivity (Wildman–Crippen MR) is 108 cm³/mol. The van der Waals surface area contributed by atoms with Crippen LogP contribution in [0.2, 0.25) is 5.15 Å². The fourth-order valence-corrected chi connectivity index (χ4v) is 3.18. The lowest BCUT2D eigenvalue weighted by atomic mass is 10.3. The van der Waals surface area contributed by atoms with E-state index < -0.39 is 4.92 Å². The second-order valence-electron chi connectivity index (χ2n) is 5.17. The molecule has 2 aromatic carbocycles. The smallest absolute Gasteiger partial charge is 0.294 e. The Bertz CT molecular complexity index is 975. The average molecular weight is 404 g/mol. The molecule has 3 rings (SSSR count). The maximum absolute atomic E-state index is 11.0. The largest absolute Gasteiger partial charge is 0.497 e. The molecule has 0 unspecified atom stereocenters. The molecule has 2 N–H and O–H groups in total. The van der Waals surface area contributed by atoms with Crippen LogP contribution in [-0.4, -0.2) is 23.2 Å². The molecule has 0 spiro atoms. The summed E-state index contributed by atoms with van der Waals surface area (Å²) in [5, 5.41) is 19.0. The van der Waals surface area contributed by atoms with Gasteiger partial charge >= 0.3 is 0 Å². The number of thiazole rings is 1. The lowest BCUT2D eigenvalue weighted by Crippen LogP contribution is -1.96. The third kappa shape index (κ3) is 4.72. The first-order chi connectivity index (χ1) is 13.1. The highest BCUT2D eigenvalue weighted by Gasteiger charge is 2.12. The van der Waals surface area contributed by atoms with Crippen molar-refractivity contribution in [2.75, 3.05) is 17.9 Å². The predicted octanol–water partition coefficient (Wildman–Crippen LogP) is 4.90. The van der Waals surface area contributed by atoms with E-state index in [2.05, 4.69) is 20.8 Å². The Morgan fingerprint density at radius 1 is 1.26 bits per heavy atom. The number of hydrazone groups is 1. The van der Waals surface area contributed by atoms with E-state index in [-0.39, 0.29) is 16.5 Å². The molecule has 1 heterocycles. The molecule has 8 nitrogen and oxygen atoms in total. The highest BCUT2D eigenvalue weighted by Crippen LogP contribution is 2.29. The van der Waals surface area contributed by atoms with E-state index in [1.807, 2.05) is 24.3 Å². The maximum atomic E-state index is 11.0. The van der Waals surface area contributed by atoms with Crippen LogP contribution in [0.3, 0.4) is 0 Å². The van der Waals surface area contributed by atoms with Crippen molar-refractivity contribution in [3.05, 3.63) is 68.7 Å². The summed E-state index contributed by atoms with van der Waals surface area (Å²) >= 11 is 7.44. The minimum atomic E-state index is -0.478. The summed E-state index contributed by atoms with van der Waals surface area (Å²) in [5.74, 6) is 0.756. The van der Waals surface area contributed by atoms with Gasteiger partial charge in [-0.3, -0.25) is 15.5 Å². The molecule has 0 fully saturated rings. The summed E-state index contributed by atoms with van der Waals surface area (Å²) < 4.78 is 5.12. The van der Waals surface area contributed by atoms with Crippen molar-refractivity contribution < 1.29 is 9.66 Å². The van der Waals surface area contributed by atoms with Crippen LogP contribution in [0, 0.1) is 10.1 Å². The molecule has 27 heavy (non-hydrogen) atoms. The lowest BCUT2D eigenvalue weighted by Gasteiger charge is -2.03. The van der Waals surface area contributed by atoms with E-state index in [0.29, 0.717) is 10.0 Å². The molecule has 0 saturated carbocycles. The molecule has 0 aliphatic heterocycles. The molecule has 0 atom stereocenters. The first-order valence-electron chi connectivity index (χ1n) is 7.66. The molecule has 0 bridgehead atoms. The van der Waals surface area contributed by atoms with E-state index in [4.69, 9.17) is 16.3 Å². The molecular weight excluding hydrogens is 390 g/mol. The van der Waals surface area contributed by atoms with Crippen molar-refractivity contribution in [1.29, 1.82) is 0 Å². The molecule has 0 aliphatic carbocycles. The van der Waals surface area contributed by atoms with E-state index in [1.165, 1.54) is 23.6 Å². The number of nitro benzene ring substituents is 1. The van der Waals surface area contributed by atoms with Gasteiger partial charge in [0.15, 0.2) is 10.3 Å². The SMILES string of the molecule is COc1ccc(Nc2nc(Cl)c(/C=N/Nc3ccccc3[N+](=O)[O-])s2)cc1. The van der Waals surface area contributed by atoms with Crippen LogP contribution in [0.5, 0.6) is 5.75 Å². The number of methoxy groups -OCH3 is 1. The van der Waals surface area contributed by atoms with Crippen LogP contribution in [-0.2, 0) is 0 Å². The number of hydrogen-bond donors (Lipinski definition) is 2. The monoisotopic (exact) mass is 403 g/mol. The van der Waals surface area contributed by atoms with Gasteiger partial charge in [-0.25, -0.2) is 4.98 Å². The minimum Gasteiger partial charge on any atom is -0.497 e. The number of nitrogens with zero attached hydrogens (tertiary/aromatic N) is 3. The summed E-state index contributed by atoms with van der Waals surface area (Å²) in [4.78, 5) is 15.4. The van der Waals surface area contributed by atoms with Gasteiger partial charge in [-0.05, 0) is 30.3 Å². The molecule has 0 amide bonds. The lowest BCUT2D eigenvalue weighted by molar-refractivity contribution is -0.384. The van der Waals surface area contributed by atoms with Crippen molar-refractivity contribution in [3.8, 4) is 5.75 Å². The first kappa shape index (κ1) is 18.6. The molecular formula is C17H14ClN5O3S. The van der Waals surface area contributed by atoms with Crippen LogP contribution in [0.15, 0.2) is 53.6 Å². The van der Waals surface area contributed by atoms with Crippen molar-refractivity contribution in [2.45, 2.75) is 0 Å². The fourth-order valence-electron chi connectivity index (χ4n) is 2.13. The Morgan fingerprint density at radius 3 is 2.70 bits per heavy atom. The van der Waals surface area contributed by atoms with Crippen molar-refractivity contribution in [1.82, 2.24) is 4.98 Å². The van der Waals surface area contributed by atoms with Crippen LogP contribution in [0.4, 0.5) is 22.2 Å². The molecule has 3 aromatic rings. The minimum absolute atomic E-state index is 0.0630. The fraction of sp³-hybridized carbons (Fsp3) is 0.0588. The van der Waals surface area contributed by atoms with E-state index >= 15 is 0 Å². The standard InChI is InChI=1S/C17H14ClN5O3S/c1-26-12-8-6-11(7-9-12)20-17-21-16(18)15(27-17)10-19-22-13-4-2-3-5-14(13)23(24)25/h2-10,22H,1H3,(H,20,21)/b19-10+. The molecule has 0 saturated heterocycles. The number of benzene rings is 2. The number of halogens is 1.